The second kappa shape index (κ2) is 6.83. The van der Waals surface area contributed by atoms with E-state index >= 15 is 0 Å². The molecule has 2 saturated heterocycles. The predicted octanol–water partition coefficient (Wildman–Crippen LogP) is -1.28. The number of hydrogen-bond acceptors (Lipinski definition) is 6. The van der Waals surface area contributed by atoms with E-state index in [-0.39, 0.29) is 64.8 Å². The molecule has 1 aromatic heterocycles. The van der Waals surface area contributed by atoms with Gasteiger partial charge in [-0.2, -0.15) is 13.8 Å². The Balaban J connectivity index is 0.00000192. The first-order chi connectivity index (χ1) is 12.7. The number of rotatable bonds is 3. The molecule has 0 N–H and O–H groups in total. The quantitative estimate of drug-likeness (QED) is 0.483. The summed E-state index contributed by atoms with van der Waals surface area (Å²) in [5, 5.41) is -0.247. The van der Waals surface area contributed by atoms with Crippen molar-refractivity contribution in [1.29, 1.82) is 0 Å². The van der Waals surface area contributed by atoms with Gasteiger partial charge in [0.1, 0.15) is 11.5 Å². The Labute approximate surface area is 187 Å². The summed E-state index contributed by atoms with van der Waals surface area (Å²) < 4.78 is 53.0. The fourth-order valence-electron chi connectivity index (χ4n) is 5.17. The van der Waals surface area contributed by atoms with E-state index in [0.29, 0.717) is 43.3 Å². The molecule has 6 nitrogen and oxygen atoms in total. The van der Waals surface area contributed by atoms with Gasteiger partial charge in [0.25, 0.3) is 5.92 Å². The zero-order valence-corrected chi connectivity index (χ0v) is 19.5. The molecule has 0 aromatic carbocycles. The maximum atomic E-state index is 14.6. The minimum Gasteiger partial charge on any atom is -0.771 e. The molecule has 150 valence electrons. The van der Waals surface area contributed by atoms with E-state index in [9.17, 15) is 17.5 Å². The van der Waals surface area contributed by atoms with Gasteiger partial charge in [0, 0.05) is 42.9 Å². The fraction of sp³-hybridized carbons (Fsp3) is 0.778. The number of aromatic nitrogens is 2. The summed E-state index contributed by atoms with van der Waals surface area (Å²) in [6.07, 6.45) is 3.13. The molecule has 0 radical (unpaired) electrons. The molecule has 4 aliphatic rings. The number of fused-ring (bicyclic) bond motifs is 2. The van der Waals surface area contributed by atoms with Crippen molar-refractivity contribution in [3.8, 4) is 0 Å². The van der Waals surface area contributed by atoms with E-state index < -0.39 is 16.1 Å². The zero-order chi connectivity index (χ0) is 19.1. The van der Waals surface area contributed by atoms with Crippen molar-refractivity contribution in [2.75, 3.05) is 35.7 Å². The fourth-order valence-corrected chi connectivity index (χ4v) is 7.09. The van der Waals surface area contributed by atoms with Gasteiger partial charge >= 0.3 is 29.6 Å². The Hall–Kier alpha value is -0.350. The van der Waals surface area contributed by atoms with E-state index in [1.54, 1.807) is 0 Å². The second-order valence-corrected chi connectivity index (χ2v) is 11.1. The molecule has 3 heterocycles. The number of nitrogens with zero attached hydrogens (tertiary/aromatic N) is 4. The number of thiol groups is 1. The van der Waals surface area contributed by atoms with Crippen LogP contribution in [-0.4, -0.2) is 55.9 Å². The molecule has 3 fully saturated rings. The van der Waals surface area contributed by atoms with E-state index in [0.717, 1.165) is 13.0 Å². The SMILES string of the molecule is C[C@H]1CCN1c1nc(N2C[C@@H]3[C@H](C2)[C@@H]3[SH](C)(=O)[O-])c2c(n1)C(F)(F)CCC2.[Na+]. The van der Waals surface area contributed by atoms with Gasteiger partial charge < -0.3 is 24.6 Å². The number of hydrogen-bond donors (Lipinski definition) is 1. The van der Waals surface area contributed by atoms with Crippen molar-refractivity contribution in [2.24, 2.45) is 11.8 Å². The summed E-state index contributed by atoms with van der Waals surface area (Å²) in [4.78, 5) is 13.0. The number of alkyl halides is 2. The van der Waals surface area contributed by atoms with Crippen molar-refractivity contribution in [1.82, 2.24) is 9.97 Å². The molecule has 0 bridgehead atoms. The Morgan fingerprint density at radius 3 is 2.46 bits per heavy atom. The molecule has 1 aromatic rings. The van der Waals surface area contributed by atoms with Crippen LogP contribution >= 0.6 is 0 Å². The van der Waals surface area contributed by atoms with Gasteiger partial charge in [-0.3, -0.25) is 0 Å². The predicted molar refractivity (Wildman–Crippen MR) is 99.5 cm³/mol. The molecule has 28 heavy (non-hydrogen) atoms. The summed E-state index contributed by atoms with van der Waals surface area (Å²) in [6, 6.07) is 0.260. The van der Waals surface area contributed by atoms with Crippen LogP contribution in [-0.2, 0) is 22.6 Å². The molecule has 0 amide bonds. The van der Waals surface area contributed by atoms with Crippen molar-refractivity contribution in [2.45, 2.75) is 49.8 Å². The summed E-state index contributed by atoms with van der Waals surface area (Å²) >= 11 is 0. The van der Waals surface area contributed by atoms with Gasteiger partial charge in [-0.15, -0.1) is 0 Å². The maximum absolute atomic E-state index is 14.6. The van der Waals surface area contributed by atoms with Gasteiger partial charge in [0.2, 0.25) is 5.95 Å². The van der Waals surface area contributed by atoms with Gasteiger partial charge in [-0.1, -0.05) is 0 Å². The molecule has 1 saturated carbocycles. The average molecular weight is 422 g/mol. The normalized spacial score (nSPS) is 33.5. The maximum Gasteiger partial charge on any atom is 1.00 e. The van der Waals surface area contributed by atoms with Crippen LogP contribution in [0.3, 0.4) is 0 Å². The Morgan fingerprint density at radius 2 is 1.93 bits per heavy atom. The van der Waals surface area contributed by atoms with Gasteiger partial charge in [0.15, 0.2) is 0 Å². The standard InChI is InChI=1S/C18H26F2N4O2S.Na/c1-10-5-7-24(10)17-21-15-11(4-3-6-18(15,19)20)16(22-17)23-8-12-13(9-23)14(12)27(2,25)26;/h10,12-14,27H,3-9H2,1-2H3,(H,25,26);/q;+1/p-1/t10-,12-,13+,14-;/m0./s1. The van der Waals surface area contributed by atoms with Crippen LogP contribution in [0.15, 0.2) is 0 Å². The van der Waals surface area contributed by atoms with Gasteiger partial charge in [0.05, 0.1) is 0 Å². The van der Waals surface area contributed by atoms with E-state index in [2.05, 4.69) is 4.98 Å². The van der Waals surface area contributed by atoms with Crippen molar-refractivity contribution in [3.63, 3.8) is 0 Å². The van der Waals surface area contributed by atoms with Crippen LogP contribution < -0.4 is 39.4 Å². The largest absolute Gasteiger partial charge is 1.00 e. The minimum atomic E-state index is -3.33. The molecule has 0 spiro atoms. The van der Waals surface area contributed by atoms with E-state index in [1.807, 2.05) is 16.7 Å². The summed E-state index contributed by atoms with van der Waals surface area (Å²) in [6.45, 7) is 4.00. The molecule has 4 atom stereocenters. The third kappa shape index (κ3) is 3.21. The van der Waals surface area contributed by atoms with Crippen molar-refractivity contribution < 1.29 is 47.1 Å². The van der Waals surface area contributed by atoms with Gasteiger partial charge in [-0.05, 0) is 44.3 Å². The molecule has 2 aliphatic heterocycles. The topological polar surface area (TPSA) is 72.4 Å². The van der Waals surface area contributed by atoms with Crippen LogP contribution in [0, 0.1) is 11.8 Å². The molecule has 2 aliphatic carbocycles. The average Bonchev–Trinajstić information content (AvgIpc) is 3.10. The Kier molecular flexibility index (Phi) is 5.10. The Bertz CT molecular complexity index is 839. The summed E-state index contributed by atoms with van der Waals surface area (Å²) in [5.41, 5.74) is 0.442. The first-order valence-corrected chi connectivity index (χ1v) is 11.9. The number of piperidine rings is 1. The molecule has 10 heteroatoms. The first-order valence-electron chi connectivity index (χ1n) is 9.76. The van der Waals surface area contributed by atoms with Crippen LogP contribution in [0.25, 0.3) is 0 Å². The van der Waals surface area contributed by atoms with Gasteiger partial charge in [-0.25, -0.2) is 9.19 Å². The van der Waals surface area contributed by atoms with Crippen molar-refractivity contribution >= 4 is 22.0 Å². The van der Waals surface area contributed by atoms with Crippen molar-refractivity contribution in [3.05, 3.63) is 11.3 Å². The Morgan fingerprint density at radius 1 is 1.25 bits per heavy atom. The molecule has 5 rings (SSSR count). The molecular weight excluding hydrogens is 397 g/mol. The van der Waals surface area contributed by atoms with Crippen LogP contribution in [0.2, 0.25) is 0 Å². The monoisotopic (exact) mass is 422 g/mol. The summed E-state index contributed by atoms with van der Waals surface area (Å²) in [7, 11) is -3.33. The van der Waals surface area contributed by atoms with Crippen LogP contribution in [0.1, 0.15) is 37.4 Å². The third-order valence-electron chi connectivity index (χ3n) is 6.80. The number of sulfone groups is 1. The summed E-state index contributed by atoms with van der Waals surface area (Å²) in [5.74, 6) is -1.70. The van der Waals surface area contributed by atoms with E-state index in [4.69, 9.17) is 4.98 Å². The second-order valence-electron chi connectivity index (χ2n) is 8.70. The van der Waals surface area contributed by atoms with Crippen LogP contribution in [0.5, 0.6) is 0 Å². The molecule has 0 unspecified atom stereocenters. The minimum absolute atomic E-state index is 0. The zero-order valence-electron chi connectivity index (χ0n) is 16.6. The molecular formula is C18H25F2N4NaO2S. The first kappa shape index (κ1) is 20.9. The third-order valence-corrected chi connectivity index (χ3v) is 8.65. The smallest absolute Gasteiger partial charge is 0.771 e. The van der Waals surface area contributed by atoms with Crippen LogP contribution in [0.4, 0.5) is 20.5 Å². The number of anilines is 2. The number of halogens is 2. The van der Waals surface area contributed by atoms with E-state index in [1.165, 1.54) is 6.26 Å².